The van der Waals surface area contributed by atoms with Gasteiger partial charge < -0.3 is 0 Å². The average molecular weight is 367 g/mol. The van der Waals surface area contributed by atoms with Crippen LogP contribution in [-0.4, -0.2) is 4.57 Å². The lowest BCUT2D eigenvalue weighted by Crippen LogP contribution is -2.30. The van der Waals surface area contributed by atoms with Crippen molar-refractivity contribution in [1.29, 1.82) is 0 Å². The van der Waals surface area contributed by atoms with E-state index in [1.807, 2.05) is 12.1 Å². The number of aromatic nitrogens is 2. The molecule has 0 fully saturated rings. The number of aryl methyl sites for hydroxylation is 2. The van der Waals surface area contributed by atoms with Crippen LogP contribution in [0.5, 0.6) is 0 Å². The van der Waals surface area contributed by atoms with Crippen molar-refractivity contribution in [3.05, 3.63) is 96.4 Å². The minimum absolute atomic E-state index is 0.215. The molecule has 2 heterocycles. The van der Waals surface area contributed by atoms with Gasteiger partial charge in [-0.05, 0) is 66.1 Å². The highest BCUT2D eigenvalue weighted by Gasteiger charge is 2.22. The first-order valence-electron chi connectivity index (χ1n) is 9.38. The Morgan fingerprint density at radius 2 is 1.54 bits per heavy atom. The van der Waals surface area contributed by atoms with Gasteiger partial charge in [0.05, 0.1) is 18.6 Å². The van der Waals surface area contributed by atoms with Crippen molar-refractivity contribution >= 4 is 21.9 Å². The van der Waals surface area contributed by atoms with Gasteiger partial charge in [0.1, 0.15) is 17.0 Å². The van der Waals surface area contributed by atoms with Crippen molar-refractivity contribution in [2.45, 2.75) is 6.92 Å². The van der Waals surface area contributed by atoms with Crippen molar-refractivity contribution in [2.24, 2.45) is 7.05 Å². The third kappa shape index (κ3) is 2.51. The van der Waals surface area contributed by atoms with E-state index in [1.165, 1.54) is 34.2 Å². The van der Waals surface area contributed by atoms with Crippen LogP contribution in [0.2, 0.25) is 0 Å². The Morgan fingerprint density at radius 3 is 2.32 bits per heavy atom. The summed E-state index contributed by atoms with van der Waals surface area (Å²) in [7, 11) is 2.08. The fourth-order valence-corrected chi connectivity index (χ4v) is 4.03. The van der Waals surface area contributed by atoms with E-state index in [2.05, 4.69) is 83.9 Å². The second-order valence-electron chi connectivity index (χ2n) is 7.22. The number of fused-ring (bicyclic) bond motifs is 3. The summed E-state index contributed by atoms with van der Waals surface area (Å²) in [6.07, 6.45) is 2.08. The summed E-state index contributed by atoms with van der Waals surface area (Å²) >= 11 is 0. The summed E-state index contributed by atoms with van der Waals surface area (Å²) in [6, 6.07) is 25.9. The molecule has 5 aromatic rings. The Morgan fingerprint density at radius 1 is 0.786 bits per heavy atom. The number of hydrogen-bond donors (Lipinski definition) is 0. The molecule has 136 valence electrons. The summed E-state index contributed by atoms with van der Waals surface area (Å²) in [5.41, 5.74) is 6.83. The van der Waals surface area contributed by atoms with Gasteiger partial charge in [-0.25, -0.2) is 8.96 Å². The first kappa shape index (κ1) is 16.7. The van der Waals surface area contributed by atoms with E-state index in [0.29, 0.717) is 0 Å². The lowest BCUT2D eigenvalue weighted by atomic mass is 10.0. The van der Waals surface area contributed by atoms with Gasteiger partial charge in [0, 0.05) is 5.39 Å². The number of pyridine rings is 1. The molecule has 0 radical (unpaired) electrons. The second kappa shape index (κ2) is 6.31. The van der Waals surface area contributed by atoms with Crippen LogP contribution in [0, 0.1) is 12.7 Å². The Bertz CT molecular complexity index is 1330. The molecule has 3 heteroatoms. The molecule has 0 N–H and O–H groups in total. The highest BCUT2D eigenvalue weighted by atomic mass is 19.1. The number of nitrogens with zero attached hydrogens (tertiary/aromatic N) is 2. The summed E-state index contributed by atoms with van der Waals surface area (Å²) in [6.45, 7) is 2.14. The predicted octanol–water partition coefficient (Wildman–Crippen LogP) is 5.72. The number of halogens is 1. The number of para-hydroxylation sites is 1. The second-order valence-corrected chi connectivity index (χ2v) is 7.22. The maximum absolute atomic E-state index is 13.3. The number of hydrogen-bond acceptors (Lipinski definition) is 0. The Labute approximate surface area is 163 Å². The van der Waals surface area contributed by atoms with E-state index >= 15 is 0 Å². The van der Waals surface area contributed by atoms with E-state index in [0.717, 1.165) is 22.3 Å². The summed E-state index contributed by atoms with van der Waals surface area (Å²) in [5, 5.41) is 2.39. The first-order valence-corrected chi connectivity index (χ1v) is 9.38. The molecule has 0 aliphatic heterocycles. The molecule has 0 saturated carbocycles. The van der Waals surface area contributed by atoms with Gasteiger partial charge in [-0.15, -0.1) is 0 Å². The standard InChI is InChI=1S/C25H20FN2/c1-17-6-3-4-8-23(17)28-24-14-11-19(18-9-12-20(26)13-10-18)16-22(24)21-7-5-15-27(2)25(21)28/h3-16H,1-2H3/q+1. The van der Waals surface area contributed by atoms with Crippen LogP contribution in [0.15, 0.2) is 85.1 Å². The molecular formula is C25H20FN2+. The van der Waals surface area contributed by atoms with Gasteiger partial charge in [0.15, 0.2) is 0 Å². The first-order chi connectivity index (χ1) is 13.6. The van der Waals surface area contributed by atoms with Crippen LogP contribution in [0.1, 0.15) is 5.56 Å². The molecule has 0 unspecified atom stereocenters. The van der Waals surface area contributed by atoms with Crippen LogP contribution >= 0.6 is 0 Å². The van der Waals surface area contributed by atoms with Gasteiger partial charge in [0.25, 0.3) is 5.65 Å². The summed E-state index contributed by atoms with van der Waals surface area (Å²) in [4.78, 5) is 0. The molecule has 0 bridgehead atoms. The third-order valence-corrected chi connectivity index (χ3v) is 5.42. The van der Waals surface area contributed by atoms with Gasteiger partial charge in [0.2, 0.25) is 0 Å². The van der Waals surface area contributed by atoms with Crippen molar-refractivity contribution < 1.29 is 8.96 Å². The normalized spacial score (nSPS) is 11.4. The van der Waals surface area contributed by atoms with E-state index in [4.69, 9.17) is 0 Å². The van der Waals surface area contributed by atoms with Gasteiger partial charge >= 0.3 is 0 Å². The Balaban J connectivity index is 1.87. The fraction of sp³-hybridized carbons (Fsp3) is 0.0800. The smallest absolute Gasteiger partial charge is 0.236 e. The predicted molar refractivity (Wildman–Crippen MR) is 112 cm³/mol. The largest absolute Gasteiger partial charge is 0.294 e. The maximum atomic E-state index is 13.3. The van der Waals surface area contributed by atoms with Crippen LogP contribution in [-0.2, 0) is 7.05 Å². The molecular weight excluding hydrogens is 347 g/mol. The van der Waals surface area contributed by atoms with E-state index in [-0.39, 0.29) is 5.82 Å². The number of benzene rings is 3. The van der Waals surface area contributed by atoms with E-state index in [1.54, 1.807) is 0 Å². The molecule has 3 aromatic carbocycles. The van der Waals surface area contributed by atoms with Gasteiger partial charge in [-0.2, -0.15) is 4.57 Å². The van der Waals surface area contributed by atoms with Gasteiger partial charge in [-0.1, -0.05) is 36.4 Å². The Hall–Kier alpha value is -3.46. The lowest BCUT2D eigenvalue weighted by molar-refractivity contribution is -0.647. The SMILES string of the molecule is Cc1ccccc1-n1c2ccc(-c3ccc(F)cc3)cc2c2ccc[n+](C)c21. The average Bonchev–Trinajstić information content (AvgIpc) is 3.04. The van der Waals surface area contributed by atoms with E-state index < -0.39 is 0 Å². The van der Waals surface area contributed by atoms with Crippen LogP contribution in [0.4, 0.5) is 4.39 Å². The molecule has 2 aromatic heterocycles. The van der Waals surface area contributed by atoms with Crippen molar-refractivity contribution in [3.8, 4) is 16.8 Å². The minimum Gasteiger partial charge on any atom is -0.236 e. The quantitative estimate of drug-likeness (QED) is 0.353. The Kier molecular flexibility index (Phi) is 3.76. The van der Waals surface area contributed by atoms with Crippen LogP contribution < -0.4 is 4.57 Å². The number of rotatable bonds is 2. The van der Waals surface area contributed by atoms with Crippen molar-refractivity contribution in [3.63, 3.8) is 0 Å². The molecule has 0 spiro atoms. The summed E-state index contributed by atoms with van der Waals surface area (Å²) in [5.74, 6) is -0.215. The minimum atomic E-state index is -0.215. The molecule has 28 heavy (non-hydrogen) atoms. The van der Waals surface area contributed by atoms with E-state index in [9.17, 15) is 4.39 Å². The van der Waals surface area contributed by atoms with Crippen molar-refractivity contribution in [1.82, 2.24) is 4.57 Å². The molecule has 0 aliphatic carbocycles. The molecule has 0 aliphatic rings. The highest BCUT2D eigenvalue weighted by Crippen LogP contribution is 2.34. The monoisotopic (exact) mass is 367 g/mol. The fourth-order valence-electron chi connectivity index (χ4n) is 4.03. The molecule has 0 atom stereocenters. The molecule has 0 saturated heterocycles. The zero-order chi connectivity index (χ0) is 19.3. The zero-order valence-electron chi connectivity index (χ0n) is 15.9. The zero-order valence-corrected chi connectivity index (χ0v) is 15.9. The highest BCUT2D eigenvalue weighted by molar-refractivity contribution is 6.08. The lowest BCUT2D eigenvalue weighted by Gasteiger charge is -2.06. The van der Waals surface area contributed by atoms with Crippen LogP contribution in [0.3, 0.4) is 0 Å². The van der Waals surface area contributed by atoms with Gasteiger partial charge in [-0.3, -0.25) is 0 Å². The molecule has 0 amide bonds. The molecule has 5 rings (SSSR count). The third-order valence-electron chi connectivity index (χ3n) is 5.42. The molecule has 2 nitrogen and oxygen atoms in total. The van der Waals surface area contributed by atoms with Crippen molar-refractivity contribution in [2.75, 3.05) is 0 Å². The summed E-state index contributed by atoms with van der Waals surface area (Å²) < 4.78 is 17.8. The van der Waals surface area contributed by atoms with Crippen LogP contribution in [0.25, 0.3) is 38.8 Å². The maximum Gasteiger partial charge on any atom is 0.294 e. The topological polar surface area (TPSA) is 8.81 Å².